The summed E-state index contributed by atoms with van der Waals surface area (Å²) in [5.74, 6) is -0.173. The lowest BCUT2D eigenvalue weighted by molar-refractivity contribution is -0.133. The molecule has 2 N–H and O–H groups in total. The Morgan fingerprint density at radius 1 is 1.07 bits per heavy atom. The lowest BCUT2D eigenvalue weighted by Crippen LogP contribution is -2.48. The van der Waals surface area contributed by atoms with Gasteiger partial charge in [-0.05, 0) is 49.0 Å². The van der Waals surface area contributed by atoms with Crippen molar-refractivity contribution in [2.45, 2.75) is 50.7 Å². The van der Waals surface area contributed by atoms with Crippen LogP contribution in [0, 0.1) is 5.92 Å². The topological polar surface area (TPSA) is 88.1 Å². The summed E-state index contributed by atoms with van der Waals surface area (Å²) in [6.45, 7) is 5.48. The van der Waals surface area contributed by atoms with E-state index in [4.69, 9.17) is 9.47 Å². The number of ether oxygens (including phenoxy) is 2. The summed E-state index contributed by atoms with van der Waals surface area (Å²) in [6, 6.07) is 23.8. The molecule has 0 aromatic heterocycles. The van der Waals surface area contributed by atoms with Gasteiger partial charge in [-0.25, -0.2) is 0 Å². The second kappa shape index (κ2) is 13.4. The third kappa shape index (κ3) is 7.41. The number of benzene rings is 3. The van der Waals surface area contributed by atoms with Gasteiger partial charge in [0.15, 0.2) is 0 Å². The van der Waals surface area contributed by atoms with Gasteiger partial charge in [0.2, 0.25) is 14.3 Å². The van der Waals surface area contributed by atoms with Gasteiger partial charge in [-0.15, -0.1) is 0 Å². The number of amides is 2. The van der Waals surface area contributed by atoms with Crippen LogP contribution in [0.5, 0.6) is 5.75 Å². The average Bonchev–Trinajstić information content (AvgIpc) is 2.96. The van der Waals surface area contributed by atoms with E-state index in [2.05, 4.69) is 5.32 Å². The van der Waals surface area contributed by atoms with Crippen LogP contribution >= 0.6 is 0 Å². The van der Waals surface area contributed by atoms with Gasteiger partial charge in [0.05, 0.1) is 12.7 Å². The van der Waals surface area contributed by atoms with E-state index in [0.717, 1.165) is 11.1 Å². The number of carbonyl (C=O) groups is 2. The minimum absolute atomic E-state index is 0.0332. The highest BCUT2D eigenvalue weighted by Crippen LogP contribution is 2.48. The molecule has 1 heterocycles. The number of halogens is 1. The van der Waals surface area contributed by atoms with Gasteiger partial charge in [0.25, 0.3) is 5.91 Å². The van der Waals surface area contributed by atoms with E-state index in [0.29, 0.717) is 23.5 Å². The second-order valence-electron chi connectivity index (χ2n) is 11.1. The summed E-state index contributed by atoms with van der Waals surface area (Å²) in [5.41, 5.74) is 2.19. The maximum atomic E-state index is 16.0. The van der Waals surface area contributed by atoms with Crippen LogP contribution < -0.4 is 10.1 Å². The second-order valence-corrected chi connectivity index (χ2v) is 14.9. The van der Waals surface area contributed by atoms with Crippen molar-refractivity contribution < 1.29 is 28.3 Å². The van der Waals surface area contributed by atoms with Gasteiger partial charge >= 0.3 is 0 Å². The maximum absolute atomic E-state index is 16.0. The Morgan fingerprint density at radius 2 is 1.73 bits per heavy atom. The van der Waals surface area contributed by atoms with Crippen LogP contribution in [0.1, 0.15) is 40.9 Å². The zero-order valence-corrected chi connectivity index (χ0v) is 25.0. The van der Waals surface area contributed by atoms with Crippen LogP contribution in [0.3, 0.4) is 0 Å². The quantitative estimate of drug-likeness (QED) is 0.216. The normalized spacial score (nSPS) is 19.0. The van der Waals surface area contributed by atoms with Crippen molar-refractivity contribution in [2.75, 3.05) is 25.6 Å². The number of methoxy groups -OCH3 is 1. The minimum atomic E-state index is -3.42. The van der Waals surface area contributed by atoms with E-state index in [1.54, 1.807) is 61.5 Å². The molecule has 1 aliphatic heterocycles. The maximum Gasteiger partial charge on any atom is 0.255 e. The smallest absolute Gasteiger partial charge is 0.255 e. The average molecular weight is 579 g/mol. The highest BCUT2D eigenvalue weighted by atomic mass is 28.4. The van der Waals surface area contributed by atoms with Crippen molar-refractivity contribution in [1.29, 1.82) is 0 Å². The van der Waals surface area contributed by atoms with E-state index in [1.807, 2.05) is 49.4 Å². The van der Waals surface area contributed by atoms with E-state index in [1.165, 1.54) is 0 Å². The molecule has 0 aliphatic carbocycles. The van der Waals surface area contributed by atoms with Crippen LogP contribution in [0.4, 0.5) is 9.80 Å². The summed E-state index contributed by atoms with van der Waals surface area (Å²) < 4.78 is 28.3. The van der Waals surface area contributed by atoms with E-state index >= 15 is 4.11 Å². The lowest BCUT2D eigenvalue weighted by atomic mass is 9.86. The Bertz CT molecular complexity index is 1320. The molecule has 41 heavy (non-hydrogen) atoms. The fourth-order valence-corrected chi connectivity index (χ4v) is 7.34. The Kier molecular flexibility index (Phi) is 9.96. The first-order valence-electron chi connectivity index (χ1n) is 13.9. The number of nitrogens with zero attached hydrogens (tertiary/aromatic N) is 1. The van der Waals surface area contributed by atoms with Crippen molar-refractivity contribution in [3.05, 3.63) is 95.6 Å². The Balaban J connectivity index is 1.57. The summed E-state index contributed by atoms with van der Waals surface area (Å²) >= 11 is 0. The molecule has 9 heteroatoms. The Morgan fingerprint density at radius 3 is 2.34 bits per heavy atom. The van der Waals surface area contributed by atoms with Gasteiger partial charge in [-0.3, -0.25) is 9.59 Å². The number of aliphatic hydroxyl groups is 1. The van der Waals surface area contributed by atoms with Crippen LogP contribution in [-0.4, -0.2) is 56.6 Å². The molecule has 7 nitrogen and oxygen atoms in total. The first-order valence-corrected chi connectivity index (χ1v) is 16.9. The van der Waals surface area contributed by atoms with E-state index < -0.39 is 26.2 Å². The number of anilines is 1. The molecular formula is C32H39FN2O5Si. The van der Waals surface area contributed by atoms with E-state index in [-0.39, 0.29) is 37.3 Å². The largest absolute Gasteiger partial charge is 0.490 e. The van der Waals surface area contributed by atoms with Crippen molar-refractivity contribution in [3.8, 4) is 5.75 Å². The number of aliphatic hydroxyl groups excluding tert-OH is 1. The van der Waals surface area contributed by atoms with Crippen LogP contribution in [0.15, 0.2) is 78.9 Å². The number of hydrogen-bond acceptors (Lipinski definition) is 5. The Hall–Kier alpha value is -3.53. The number of rotatable bonds is 11. The molecule has 3 aromatic rings. The third-order valence-electron chi connectivity index (χ3n) is 7.73. The van der Waals surface area contributed by atoms with Crippen molar-refractivity contribution in [1.82, 2.24) is 4.90 Å². The summed E-state index contributed by atoms with van der Waals surface area (Å²) in [6.07, 6.45) is -1.06. The van der Waals surface area contributed by atoms with Gasteiger partial charge in [-0.1, -0.05) is 55.5 Å². The molecule has 0 saturated heterocycles. The summed E-state index contributed by atoms with van der Waals surface area (Å²) in [7, 11) is -1.82. The van der Waals surface area contributed by atoms with Crippen molar-refractivity contribution >= 4 is 25.9 Å². The molecule has 0 bridgehead atoms. The third-order valence-corrected chi connectivity index (χ3v) is 10.0. The summed E-state index contributed by atoms with van der Waals surface area (Å²) in [5, 5.41) is 12.6. The monoisotopic (exact) mass is 578 g/mol. The van der Waals surface area contributed by atoms with Gasteiger partial charge < -0.3 is 28.9 Å². The zero-order chi connectivity index (χ0) is 29.6. The predicted molar refractivity (Wildman–Crippen MR) is 160 cm³/mol. The molecule has 0 saturated carbocycles. The molecule has 0 fully saturated rings. The molecule has 1 aliphatic rings. The standard InChI is InChI=1S/C32H39FN2O5Si/c1-22-30(39-2)26-19-25(34-32(38)24-13-9-6-10-14-24)15-16-27(26)40-31(22)28(41(3,4)33)20-29(37)35(17-18-36)21-23-11-7-5-8-12-23/h5-16,19,22,28,30-31,36H,17-18,20-21H2,1-4H3,(H,34,38)/t22-,28?,30-,31-/m0/s1. The first-order chi connectivity index (χ1) is 19.6. The highest BCUT2D eigenvalue weighted by molar-refractivity contribution is 6.72. The van der Waals surface area contributed by atoms with Gasteiger partial charge in [0.1, 0.15) is 11.9 Å². The molecule has 0 radical (unpaired) electrons. The minimum Gasteiger partial charge on any atom is -0.490 e. The zero-order valence-electron chi connectivity index (χ0n) is 24.0. The molecule has 1 unspecified atom stereocenters. The molecule has 4 rings (SSSR count). The number of hydrogen-bond donors (Lipinski definition) is 2. The van der Waals surface area contributed by atoms with Crippen molar-refractivity contribution in [3.63, 3.8) is 0 Å². The molecular weight excluding hydrogens is 539 g/mol. The summed E-state index contributed by atoms with van der Waals surface area (Å²) in [4.78, 5) is 27.8. The highest BCUT2D eigenvalue weighted by Gasteiger charge is 2.48. The Labute approximate surface area is 242 Å². The van der Waals surface area contributed by atoms with Crippen LogP contribution in [0.2, 0.25) is 18.6 Å². The van der Waals surface area contributed by atoms with Crippen LogP contribution in [-0.2, 0) is 16.1 Å². The SMILES string of the molecule is CO[C@@H]1c2cc(NC(=O)c3ccccc3)ccc2O[C@H](C(CC(=O)N(CCO)Cc2ccccc2)[Si](C)(C)F)[C@H]1C. The molecule has 2 amide bonds. The van der Waals surface area contributed by atoms with Gasteiger partial charge in [-0.2, -0.15) is 0 Å². The fourth-order valence-electron chi connectivity index (χ4n) is 5.53. The van der Waals surface area contributed by atoms with E-state index in [9.17, 15) is 14.7 Å². The number of carbonyl (C=O) groups excluding carboxylic acids is 2. The van der Waals surface area contributed by atoms with Crippen molar-refractivity contribution in [2.24, 2.45) is 5.92 Å². The molecule has 4 atom stereocenters. The lowest BCUT2D eigenvalue weighted by Gasteiger charge is -2.43. The predicted octanol–water partition coefficient (Wildman–Crippen LogP) is 5.98. The fraction of sp³-hybridized carbons (Fsp3) is 0.375. The van der Waals surface area contributed by atoms with Gasteiger partial charge in [0, 0.05) is 54.9 Å². The molecule has 0 spiro atoms. The molecule has 3 aromatic carbocycles. The molecule has 218 valence electrons. The van der Waals surface area contributed by atoms with Crippen LogP contribution in [0.25, 0.3) is 0 Å². The first kappa shape index (κ1) is 30.4. The number of nitrogens with one attached hydrogen (secondary N) is 1. The number of fused-ring (bicyclic) bond motifs is 1.